The highest BCUT2D eigenvalue weighted by Gasteiger charge is 2.11. The highest BCUT2D eigenvalue weighted by Crippen LogP contribution is 2.35. The van der Waals surface area contributed by atoms with Crippen LogP contribution in [0.1, 0.15) is 5.56 Å². The van der Waals surface area contributed by atoms with Crippen molar-refractivity contribution in [2.45, 2.75) is 0 Å². The molecule has 160 valence electrons. The van der Waals surface area contributed by atoms with Crippen molar-refractivity contribution in [3.63, 3.8) is 0 Å². The summed E-state index contributed by atoms with van der Waals surface area (Å²) in [5.74, 6) is 1.12. The van der Waals surface area contributed by atoms with Crippen LogP contribution in [-0.4, -0.2) is 53.0 Å². The first-order chi connectivity index (χ1) is 14.6. The molecular weight excluding hydrogens is 390 g/mol. The number of rotatable bonds is 11. The van der Waals surface area contributed by atoms with Crippen molar-refractivity contribution in [3.05, 3.63) is 54.1 Å². The van der Waals surface area contributed by atoms with E-state index >= 15 is 0 Å². The minimum Gasteiger partial charge on any atom is -0.496 e. The predicted octanol–water partition coefficient (Wildman–Crippen LogP) is 2.46. The van der Waals surface area contributed by atoms with Gasteiger partial charge in [-0.3, -0.25) is 4.79 Å². The molecule has 30 heavy (non-hydrogen) atoms. The Bertz CT molecular complexity index is 865. The summed E-state index contributed by atoms with van der Waals surface area (Å²) in [5.41, 5.74) is 0.592. The number of hydrogen-bond acceptors (Lipinski definition) is 7. The third-order valence-electron chi connectivity index (χ3n) is 3.92. The molecule has 0 spiro atoms. The van der Waals surface area contributed by atoms with Crippen LogP contribution in [0.25, 0.3) is 6.08 Å². The minimum atomic E-state index is -0.664. The Balaban J connectivity index is 1.78. The monoisotopic (exact) mass is 415 g/mol. The Morgan fingerprint density at radius 2 is 1.60 bits per heavy atom. The lowest BCUT2D eigenvalue weighted by Gasteiger charge is -2.12. The Kier molecular flexibility index (Phi) is 9.05. The van der Waals surface area contributed by atoms with Crippen LogP contribution in [0.15, 0.2) is 48.5 Å². The number of para-hydroxylation sites is 1. The minimum absolute atomic E-state index is 0.296. The zero-order valence-corrected chi connectivity index (χ0v) is 17.2. The van der Waals surface area contributed by atoms with Crippen LogP contribution >= 0.6 is 0 Å². The summed E-state index contributed by atoms with van der Waals surface area (Å²) >= 11 is 0. The summed E-state index contributed by atoms with van der Waals surface area (Å²) < 4.78 is 26.2. The predicted molar refractivity (Wildman–Crippen MR) is 111 cm³/mol. The summed E-state index contributed by atoms with van der Waals surface area (Å²) in [7, 11) is 4.53. The van der Waals surface area contributed by atoms with E-state index in [0.29, 0.717) is 41.7 Å². The molecule has 0 radical (unpaired) electrons. The molecule has 0 saturated carbocycles. The summed E-state index contributed by atoms with van der Waals surface area (Å²) in [6.07, 6.45) is 2.71. The SMILES string of the molecule is COc1cc(OC)c(OC)cc1/C=C/C(=O)OCC(=O)NCCOc1ccccc1. The van der Waals surface area contributed by atoms with E-state index < -0.39 is 18.5 Å². The lowest BCUT2D eigenvalue weighted by atomic mass is 10.1. The van der Waals surface area contributed by atoms with Crippen molar-refractivity contribution in [3.8, 4) is 23.0 Å². The molecule has 1 N–H and O–H groups in total. The lowest BCUT2D eigenvalue weighted by Crippen LogP contribution is -2.31. The van der Waals surface area contributed by atoms with Crippen LogP contribution in [0.4, 0.5) is 0 Å². The van der Waals surface area contributed by atoms with Gasteiger partial charge in [-0.25, -0.2) is 4.79 Å². The first kappa shape index (κ1) is 22.6. The van der Waals surface area contributed by atoms with Gasteiger partial charge in [-0.1, -0.05) is 18.2 Å². The second kappa shape index (κ2) is 12.0. The van der Waals surface area contributed by atoms with Gasteiger partial charge in [-0.15, -0.1) is 0 Å². The van der Waals surface area contributed by atoms with Gasteiger partial charge in [-0.05, 0) is 24.3 Å². The number of nitrogens with one attached hydrogen (secondary N) is 1. The van der Waals surface area contributed by atoms with Gasteiger partial charge in [0.1, 0.15) is 18.1 Å². The molecule has 0 saturated heterocycles. The van der Waals surface area contributed by atoms with E-state index in [1.165, 1.54) is 33.5 Å². The van der Waals surface area contributed by atoms with Crippen LogP contribution in [-0.2, 0) is 14.3 Å². The summed E-state index contributed by atoms with van der Waals surface area (Å²) in [6.45, 7) is 0.213. The third kappa shape index (κ3) is 7.05. The lowest BCUT2D eigenvalue weighted by molar-refractivity contribution is -0.143. The van der Waals surface area contributed by atoms with Gasteiger partial charge in [0.05, 0.1) is 27.9 Å². The molecule has 2 aromatic rings. The van der Waals surface area contributed by atoms with Crippen LogP contribution in [0.2, 0.25) is 0 Å². The van der Waals surface area contributed by atoms with E-state index in [0.717, 1.165) is 0 Å². The first-order valence-corrected chi connectivity index (χ1v) is 9.16. The highest BCUT2D eigenvalue weighted by atomic mass is 16.5. The fraction of sp³-hybridized carbons (Fsp3) is 0.273. The third-order valence-corrected chi connectivity index (χ3v) is 3.92. The van der Waals surface area contributed by atoms with Crippen molar-refractivity contribution >= 4 is 18.0 Å². The molecule has 0 aromatic heterocycles. The second-order valence-electron chi connectivity index (χ2n) is 5.90. The molecule has 0 heterocycles. The van der Waals surface area contributed by atoms with E-state index in [1.807, 2.05) is 30.3 Å². The first-order valence-electron chi connectivity index (χ1n) is 9.16. The zero-order chi connectivity index (χ0) is 21.8. The number of esters is 1. The van der Waals surface area contributed by atoms with Crippen molar-refractivity contribution in [1.82, 2.24) is 5.32 Å². The van der Waals surface area contributed by atoms with Gasteiger partial charge in [0.25, 0.3) is 5.91 Å². The molecule has 0 aliphatic rings. The smallest absolute Gasteiger partial charge is 0.331 e. The second-order valence-corrected chi connectivity index (χ2v) is 5.90. The fourth-order valence-corrected chi connectivity index (χ4v) is 2.45. The van der Waals surface area contributed by atoms with Crippen molar-refractivity contribution in [1.29, 1.82) is 0 Å². The van der Waals surface area contributed by atoms with E-state index in [2.05, 4.69) is 5.32 Å². The maximum absolute atomic E-state index is 11.9. The van der Waals surface area contributed by atoms with E-state index in [4.69, 9.17) is 23.7 Å². The van der Waals surface area contributed by atoms with Gasteiger partial charge >= 0.3 is 5.97 Å². The number of benzene rings is 2. The Hall–Kier alpha value is -3.68. The Labute approximate surface area is 175 Å². The molecule has 0 unspecified atom stereocenters. The normalized spacial score (nSPS) is 10.4. The van der Waals surface area contributed by atoms with Gasteiger partial charge in [-0.2, -0.15) is 0 Å². The molecule has 0 fully saturated rings. The standard InChI is InChI=1S/C22H25NO7/c1-26-18-14-20(28-3)19(27-2)13-16(18)9-10-22(25)30-15-21(24)23-11-12-29-17-7-5-4-6-8-17/h4-10,13-14H,11-12,15H2,1-3H3,(H,23,24)/b10-9+. The molecule has 0 bridgehead atoms. The maximum Gasteiger partial charge on any atom is 0.331 e. The van der Waals surface area contributed by atoms with E-state index in [1.54, 1.807) is 12.1 Å². The van der Waals surface area contributed by atoms with Crippen LogP contribution in [0.3, 0.4) is 0 Å². The molecule has 0 aliphatic carbocycles. The average Bonchev–Trinajstić information content (AvgIpc) is 2.79. The molecular formula is C22H25NO7. The van der Waals surface area contributed by atoms with Crippen LogP contribution < -0.4 is 24.3 Å². The highest BCUT2D eigenvalue weighted by molar-refractivity contribution is 5.89. The largest absolute Gasteiger partial charge is 0.496 e. The molecule has 2 aromatic carbocycles. The van der Waals surface area contributed by atoms with Crippen molar-refractivity contribution < 1.29 is 33.3 Å². The zero-order valence-electron chi connectivity index (χ0n) is 17.2. The van der Waals surface area contributed by atoms with Gasteiger partial charge in [0.2, 0.25) is 0 Å². The molecule has 8 heteroatoms. The summed E-state index contributed by atoms with van der Waals surface area (Å²) in [6, 6.07) is 12.6. The number of carbonyl (C=O) groups excluding carboxylic acids is 2. The van der Waals surface area contributed by atoms with Gasteiger partial charge in [0.15, 0.2) is 18.1 Å². The number of amides is 1. The molecule has 0 aliphatic heterocycles. The topological polar surface area (TPSA) is 92.3 Å². The molecule has 2 rings (SSSR count). The fourth-order valence-electron chi connectivity index (χ4n) is 2.45. The Morgan fingerprint density at radius 3 is 2.27 bits per heavy atom. The van der Waals surface area contributed by atoms with Crippen LogP contribution in [0.5, 0.6) is 23.0 Å². The maximum atomic E-state index is 11.9. The van der Waals surface area contributed by atoms with Crippen LogP contribution in [0, 0.1) is 0 Å². The number of carbonyl (C=O) groups is 2. The quantitative estimate of drug-likeness (QED) is 0.342. The Morgan fingerprint density at radius 1 is 0.933 bits per heavy atom. The van der Waals surface area contributed by atoms with Crippen molar-refractivity contribution in [2.75, 3.05) is 41.1 Å². The number of ether oxygens (including phenoxy) is 5. The summed E-state index contributed by atoms with van der Waals surface area (Å²) in [5, 5.41) is 2.61. The number of hydrogen-bond donors (Lipinski definition) is 1. The van der Waals surface area contributed by atoms with Crippen molar-refractivity contribution in [2.24, 2.45) is 0 Å². The number of methoxy groups -OCH3 is 3. The van der Waals surface area contributed by atoms with Gasteiger partial charge < -0.3 is 29.0 Å². The molecule has 1 amide bonds. The van der Waals surface area contributed by atoms with Gasteiger partial charge in [0, 0.05) is 17.7 Å². The molecule has 0 atom stereocenters. The average molecular weight is 415 g/mol. The van der Waals surface area contributed by atoms with E-state index in [-0.39, 0.29) is 0 Å². The summed E-state index contributed by atoms with van der Waals surface area (Å²) in [4.78, 5) is 23.7. The van der Waals surface area contributed by atoms with E-state index in [9.17, 15) is 9.59 Å². The molecule has 8 nitrogen and oxygen atoms in total.